The molecule has 2 saturated heterocycles. The van der Waals surface area contributed by atoms with Crippen molar-refractivity contribution in [2.24, 2.45) is 0 Å². The summed E-state index contributed by atoms with van der Waals surface area (Å²) in [6.45, 7) is 8.81. The molecule has 3 rings (SSSR count). The maximum Gasteiger partial charge on any atom is 0.165 e. The monoisotopic (exact) mass is 250 g/mol. The third kappa shape index (κ3) is 2.40. The molecule has 2 aliphatic rings. The van der Waals surface area contributed by atoms with E-state index in [2.05, 4.69) is 32.2 Å². The maximum absolute atomic E-state index is 4.16. The number of tetrazole rings is 1. The molecule has 100 valence electrons. The lowest BCUT2D eigenvalue weighted by molar-refractivity contribution is 0.0962. The molecule has 0 spiro atoms. The van der Waals surface area contributed by atoms with Crippen LogP contribution in [0.15, 0.2) is 0 Å². The molecule has 0 amide bonds. The van der Waals surface area contributed by atoms with Crippen LogP contribution in [-0.4, -0.2) is 62.2 Å². The third-order valence-electron chi connectivity index (χ3n) is 4.08. The van der Waals surface area contributed by atoms with Gasteiger partial charge in [0.2, 0.25) is 0 Å². The summed E-state index contributed by atoms with van der Waals surface area (Å²) in [7, 11) is 0. The quantitative estimate of drug-likeness (QED) is 0.772. The van der Waals surface area contributed by atoms with E-state index in [4.69, 9.17) is 0 Å². The highest BCUT2D eigenvalue weighted by Gasteiger charge is 2.30. The summed E-state index contributed by atoms with van der Waals surface area (Å²) in [5, 5.41) is 12.0. The minimum Gasteiger partial charge on any atom is -0.298 e. The molecule has 1 aromatic rings. The van der Waals surface area contributed by atoms with E-state index in [0.29, 0.717) is 0 Å². The van der Waals surface area contributed by atoms with Crippen molar-refractivity contribution in [1.82, 2.24) is 30.0 Å². The SMILES string of the molecule is CCCn1nnnc1CN1CCN2CCCC2C1. The number of nitrogens with zero attached hydrogens (tertiary/aromatic N) is 6. The predicted molar refractivity (Wildman–Crippen MR) is 68.0 cm³/mol. The van der Waals surface area contributed by atoms with Crippen LogP contribution in [0, 0.1) is 0 Å². The van der Waals surface area contributed by atoms with Gasteiger partial charge in [-0.3, -0.25) is 9.80 Å². The number of aromatic nitrogens is 4. The van der Waals surface area contributed by atoms with E-state index in [9.17, 15) is 0 Å². The highest BCUT2D eigenvalue weighted by atomic mass is 15.5. The molecule has 6 heteroatoms. The summed E-state index contributed by atoms with van der Waals surface area (Å²) in [5.41, 5.74) is 0. The van der Waals surface area contributed by atoms with Gasteiger partial charge >= 0.3 is 0 Å². The number of hydrogen-bond donors (Lipinski definition) is 0. The zero-order valence-electron chi connectivity index (χ0n) is 11.1. The Morgan fingerprint density at radius 2 is 2.22 bits per heavy atom. The molecular weight excluding hydrogens is 228 g/mol. The Kier molecular flexibility index (Phi) is 3.56. The fourth-order valence-corrected chi connectivity index (χ4v) is 3.12. The number of aryl methyl sites for hydroxylation is 1. The Labute approximate surface area is 108 Å². The maximum atomic E-state index is 4.16. The fourth-order valence-electron chi connectivity index (χ4n) is 3.12. The van der Waals surface area contributed by atoms with Gasteiger partial charge in [0, 0.05) is 32.2 Å². The van der Waals surface area contributed by atoms with Gasteiger partial charge in [-0.05, 0) is 36.2 Å². The number of piperazine rings is 1. The molecule has 1 atom stereocenters. The summed E-state index contributed by atoms with van der Waals surface area (Å²) in [5.74, 6) is 1.02. The van der Waals surface area contributed by atoms with Crippen LogP contribution in [0.25, 0.3) is 0 Å². The minimum absolute atomic E-state index is 0.772. The van der Waals surface area contributed by atoms with Crippen molar-refractivity contribution in [2.45, 2.75) is 45.3 Å². The minimum atomic E-state index is 0.772. The van der Waals surface area contributed by atoms with Crippen molar-refractivity contribution < 1.29 is 0 Å². The summed E-state index contributed by atoms with van der Waals surface area (Å²) in [6.07, 6.45) is 3.80. The first-order valence-electron chi connectivity index (χ1n) is 7.08. The van der Waals surface area contributed by atoms with Crippen molar-refractivity contribution in [3.63, 3.8) is 0 Å². The van der Waals surface area contributed by atoms with Crippen LogP contribution in [0.2, 0.25) is 0 Å². The Hall–Kier alpha value is -1.01. The van der Waals surface area contributed by atoms with Crippen LogP contribution in [0.3, 0.4) is 0 Å². The standard InChI is InChI=1S/C12H22N6/c1-2-5-18-12(13-14-15-18)10-16-7-8-17-6-3-4-11(17)9-16/h11H,2-10H2,1H3. The molecule has 0 aromatic carbocycles. The molecule has 0 N–H and O–H groups in total. The molecule has 2 aliphatic heterocycles. The summed E-state index contributed by atoms with van der Waals surface area (Å²) < 4.78 is 1.95. The molecule has 1 unspecified atom stereocenters. The average Bonchev–Trinajstić information content (AvgIpc) is 2.99. The lowest BCUT2D eigenvalue weighted by atomic mass is 10.1. The lowest BCUT2D eigenvalue weighted by Gasteiger charge is -2.37. The molecule has 0 bridgehead atoms. The van der Waals surface area contributed by atoms with Crippen molar-refractivity contribution in [3.8, 4) is 0 Å². The first-order valence-corrected chi connectivity index (χ1v) is 7.08. The van der Waals surface area contributed by atoms with Gasteiger partial charge in [-0.2, -0.15) is 0 Å². The predicted octanol–water partition coefficient (Wildman–Crippen LogP) is 0.363. The van der Waals surface area contributed by atoms with Crippen LogP contribution in [0.4, 0.5) is 0 Å². The van der Waals surface area contributed by atoms with E-state index in [0.717, 1.165) is 37.9 Å². The fraction of sp³-hybridized carbons (Fsp3) is 0.917. The lowest BCUT2D eigenvalue weighted by Crippen LogP contribution is -2.49. The van der Waals surface area contributed by atoms with Gasteiger partial charge in [0.1, 0.15) is 0 Å². The van der Waals surface area contributed by atoms with Gasteiger partial charge in [0.05, 0.1) is 6.54 Å². The molecule has 0 radical (unpaired) electrons. The van der Waals surface area contributed by atoms with Crippen molar-refractivity contribution in [1.29, 1.82) is 0 Å². The van der Waals surface area contributed by atoms with E-state index in [-0.39, 0.29) is 0 Å². The van der Waals surface area contributed by atoms with Crippen LogP contribution in [-0.2, 0) is 13.1 Å². The number of rotatable bonds is 4. The van der Waals surface area contributed by atoms with Crippen molar-refractivity contribution in [2.75, 3.05) is 26.2 Å². The Morgan fingerprint density at radius 1 is 1.28 bits per heavy atom. The zero-order valence-corrected chi connectivity index (χ0v) is 11.1. The molecule has 6 nitrogen and oxygen atoms in total. The largest absolute Gasteiger partial charge is 0.298 e. The van der Waals surface area contributed by atoms with E-state index in [1.54, 1.807) is 0 Å². The summed E-state index contributed by atoms with van der Waals surface area (Å²) in [6, 6.07) is 0.772. The van der Waals surface area contributed by atoms with Crippen LogP contribution in [0.1, 0.15) is 32.0 Å². The van der Waals surface area contributed by atoms with Crippen LogP contribution >= 0.6 is 0 Å². The Bertz CT molecular complexity index is 390. The molecule has 0 aliphatic carbocycles. The molecule has 3 heterocycles. The molecular formula is C12H22N6. The molecule has 2 fully saturated rings. The van der Waals surface area contributed by atoms with E-state index in [1.807, 2.05) is 4.68 Å². The Balaban J connectivity index is 1.60. The highest BCUT2D eigenvalue weighted by Crippen LogP contribution is 2.22. The Morgan fingerprint density at radius 3 is 3.11 bits per heavy atom. The van der Waals surface area contributed by atoms with Gasteiger partial charge in [0.25, 0.3) is 0 Å². The van der Waals surface area contributed by atoms with Gasteiger partial charge in [-0.25, -0.2) is 4.68 Å². The second kappa shape index (κ2) is 5.32. The van der Waals surface area contributed by atoms with Crippen molar-refractivity contribution >= 4 is 0 Å². The normalized spacial score (nSPS) is 25.5. The van der Waals surface area contributed by atoms with Gasteiger partial charge in [0.15, 0.2) is 5.82 Å². The third-order valence-corrected chi connectivity index (χ3v) is 4.08. The van der Waals surface area contributed by atoms with Gasteiger partial charge in [-0.1, -0.05) is 6.92 Å². The van der Waals surface area contributed by atoms with Gasteiger partial charge in [-0.15, -0.1) is 5.10 Å². The molecule has 18 heavy (non-hydrogen) atoms. The zero-order chi connectivity index (χ0) is 12.4. The van der Waals surface area contributed by atoms with E-state index >= 15 is 0 Å². The number of hydrogen-bond acceptors (Lipinski definition) is 5. The molecule has 1 aromatic heterocycles. The first kappa shape index (κ1) is 12.0. The van der Waals surface area contributed by atoms with Gasteiger partial charge < -0.3 is 0 Å². The first-order chi connectivity index (χ1) is 8.86. The van der Waals surface area contributed by atoms with E-state index < -0.39 is 0 Å². The highest BCUT2D eigenvalue weighted by molar-refractivity contribution is 4.89. The second-order valence-corrected chi connectivity index (χ2v) is 5.39. The number of fused-ring (bicyclic) bond motifs is 1. The summed E-state index contributed by atoms with van der Waals surface area (Å²) >= 11 is 0. The topological polar surface area (TPSA) is 50.1 Å². The average molecular weight is 250 g/mol. The van der Waals surface area contributed by atoms with E-state index in [1.165, 1.54) is 32.5 Å². The van der Waals surface area contributed by atoms with Crippen molar-refractivity contribution in [3.05, 3.63) is 5.82 Å². The van der Waals surface area contributed by atoms with Crippen LogP contribution in [0.5, 0.6) is 0 Å². The molecule has 0 saturated carbocycles. The second-order valence-electron chi connectivity index (χ2n) is 5.39. The summed E-state index contributed by atoms with van der Waals surface area (Å²) in [4.78, 5) is 5.13. The van der Waals surface area contributed by atoms with Crippen LogP contribution < -0.4 is 0 Å². The smallest absolute Gasteiger partial charge is 0.165 e.